The second kappa shape index (κ2) is 15.4. The van der Waals surface area contributed by atoms with Crippen LogP contribution < -0.4 is 4.74 Å². The van der Waals surface area contributed by atoms with Crippen molar-refractivity contribution in [2.75, 3.05) is 26.3 Å². The number of aromatic nitrogens is 3. The molecule has 9 heteroatoms. The SMILES string of the molecule is CCOC(=O)c1cnn(-c2cccc(-c3cccc4c3[C@@H](Oc3ccc(C5CCN(C(=O)C(C)CCO)CC5)c(CC)c3)CC4)n2)c1CC. The molecule has 1 unspecified atom stereocenters. The first-order chi connectivity index (χ1) is 23.9. The van der Waals surface area contributed by atoms with E-state index >= 15 is 0 Å². The number of fused-ring (bicyclic) bond motifs is 1. The van der Waals surface area contributed by atoms with Crippen LogP contribution in [0.4, 0.5) is 0 Å². The Morgan fingerprint density at radius 2 is 1.80 bits per heavy atom. The number of carbonyl (C=O) groups is 2. The molecule has 49 heavy (non-hydrogen) atoms. The van der Waals surface area contributed by atoms with E-state index in [-0.39, 0.29) is 30.5 Å². The first kappa shape index (κ1) is 34.4. The van der Waals surface area contributed by atoms with E-state index in [2.05, 4.69) is 48.4 Å². The molecule has 4 aromatic rings. The van der Waals surface area contributed by atoms with Crippen molar-refractivity contribution in [2.45, 2.75) is 84.7 Å². The van der Waals surface area contributed by atoms with Gasteiger partial charge in [0.15, 0.2) is 5.82 Å². The Labute approximate surface area is 289 Å². The van der Waals surface area contributed by atoms with Crippen molar-refractivity contribution >= 4 is 11.9 Å². The van der Waals surface area contributed by atoms with Crippen LogP contribution in [-0.2, 0) is 28.8 Å². The monoisotopic (exact) mass is 664 g/mol. The Morgan fingerprint density at radius 3 is 2.53 bits per heavy atom. The smallest absolute Gasteiger partial charge is 0.341 e. The average Bonchev–Trinajstić information content (AvgIpc) is 3.76. The zero-order valence-corrected chi connectivity index (χ0v) is 29.2. The number of likely N-dealkylation sites (tertiary alicyclic amines) is 1. The Hall–Kier alpha value is -4.50. The number of ether oxygens (including phenoxy) is 2. The van der Waals surface area contributed by atoms with Crippen molar-refractivity contribution in [1.29, 1.82) is 0 Å². The maximum Gasteiger partial charge on any atom is 0.341 e. The lowest BCUT2D eigenvalue weighted by Gasteiger charge is -2.34. The van der Waals surface area contributed by atoms with Gasteiger partial charge in [-0.1, -0.05) is 51.1 Å². The number of rotatable bonds is 12. The molecule has 1 fully saturated rings. The van der Waals surface area contributed by atoms with Gasteiger partial charge in [-0.2, -0.15) is 5.10 Å². The summed E-state index contributed by atoms with van der Waals surface area (Å²) in [7, 11) is 0. The summed E-state index contributed by atoms with van der Waals surface area (Å²) in [6.07, 6.45) is 7.20. The molecular weight excluding hydrogens is 616 g/mol. The first-order valence-electron chi connectivity index (χ1n) is 17.9. The molecule has 9 nitrogen and oxygen atoms in total. The minimum absolute atomic E-state index is 0.0435. The molecule has 3 heterocycles. The van der Waals surface area contributed by atoms with Gasteiger partial charge in [-0.15, -0.1) is 0 Å². The third kappa shape index (κ3) is 7.13. The number of aliphatic hydroxyl groups is 1. The van der Waals surface area contributed by atoms with E-state index in [1.54, 1.807) is 17.8 Å². The van der Waals surface area contributed by atoms with Crippen molar-refractivity contribution in [3.05, 3.63) is 94.3 Å². The molecular formula is C40H48N4O5. The average molecular weight is 665 g/mol. The van der Waals surface area contributed by atoms with Crippen molar-refractivity contribution in [2.24, 2.45) is 5.92 Å². The predicted molar refractivity (Wildman–Crippen MR) is 189 cm³/mol. The second-order valence-electron chi connectivity index (χ2n) is 13.1. The number of piperidine rings is 1. The quantitative estimate of drug-likeness (QED) is 0.162. The number of aryl methyl sites for hydroxylation is 2. The van der Waals surface area contributed by atoms with Crippen molar-refractivity contribution in [3.63, 3.8) is 0 Å². The van der Waals surface area contributed by atoms with Crippen molar-refractivity contribution in [1.82, 2.24) is 19.7 Å². The summed E-state index contributed by atoms with van der Waals surface area (Å²) >= 11 is 0. The van der Waals surface area contributed by atoms with E-state index in [9.17, 15) is 14.7 Å². The summed E-state index contributed by atoms with van der Waals surface area (Å²) in [5, 5.41) is 13.8. The molecule has 0 saturated carbocycles. The third-order valence-corrected chi connectivity index (χ3v) is 10.1. The lowest BCUT2D eigenvalue weighted by Crippen LogP contribution is -2.41. The van der Waals surface area contributed by atoms with Crippen LogP contribution >= 0.6 is 0 Å². The Kier molecular flexibility index (Phi) is 10.8. The topological polar surface area (TPSA) is 107 Å². The Balaban J connectivity index is 1.21. The molecule has 1 aliphatic heterocycles. The van der Waals surface area contributed by atoms with Gasteiger partial charge < -0.3 is 19.5 Å². The molecule has 1 amide bonds. The Morgan fingerprint density at radius 1 is 1.00 bits per heavy atom. The summed E-state index contributed by atoms with van der Waals surface area (Å²) < 4.78 is 13.8. The Bertz CT molecular complexity index is 1790. The summed E-state index contributed by atoms with van der Waals surface area (Å²) in [6, 6.07) is 18.9. The molecule has 2 atom stereocenters. The van der Waals surface area contributed by atoms with Crippen LogP contribution in [0, 0.1) is 5.92 Å². The molecule has 0 bridgehead atoms. The predicted octanol–water partition coefficient (Wildman–Crippen LogP) is 7.03. The summed E-state index contributed by atoms with van der Waals surface area (Å²) in [6.45, 7) is 9.75. The summed E-state index contributed by atoms with van der Waals surface area (Å²) in [4.78, 5) is 32.4. The van der Waals surface area contributed by atoms with E-state index in [1.165, 1.54) is 22.3 Å². The van der Waals surface area contributed by atoms with Crippen molar-refractivity contribution in [3.8, 4) is 22.8 Å². The number of aliphatic hydroxyl groups excluding tert-OH is 1. The van der Waals surface area contributed by atoms with E-state index in [0.29, 0.717) is 36.7 Å². The minimum atomic E-state index is -0.372. The number of nitrogens with zero attached hydrogens (tertiary/aromatic N) is 4. The number of hydrogen-bond acceptors (Lipinski definition) is 7. The number of amides is 1. The maximum atomic E-state index is 12.8. The second-order valence-corrected chi connectivity index (χ2v) is 13.1. The zero-order chi connectivity index (χ0) is 34.5. The van der Waals surface area contributed by atoms with Crippen LogP contribution in [0.25, 0.3) is 17.1 Å². The van der Waals surface area contributed by atoms with Crippen molar-refractivity contribution < 1.29 is 24.2 Å². The molecule has 1 aliphatic carbocycles. The highest BCUT2D eigenvalue weighted by Crippen LogP contribution is 2.42. The summed E-state index contributed by atoms with van der Waals surface area (Å²) in [5.74, 6) is 1.58. The lowest BCUT2D eigenvalue weighted by molar-refractivity contribution is -0.136. The van der Waals surface area contributed by atoms with Crippen LogP contribution in [0.2, 0.25) is 0 Å². The maximum absolute atomic E-state index is 12.8. The van der Waals surface area contributed by atoms with E-state index in [1.807, 2.05) is 36.9 Å². The molecule has 258 valence electrons. The minimum Gasteiger partial charge on any atom is -0.486 e. The molecule has 2 aromatic carbocycles. The highest BCUT2D eigenvalue weighted by Gasteiger charge is 2.30. The van der Waals surface area contributed by atoms with Crippen LogP contribution in [0.15, 0.2) is 60.8 Å². The van der Waals surface area contributed by atoms with Crippen LogP contribution in [0.3, 0.4) is 0 Å². The van der Waals surface area contributed by atoms with Gasteiger partial charge in [0.2, 0.25) is 5.91 Å². The van der Waals surface area contributed by atoms with E-state index < -0.39 is 0 Å². The fourth-order valence-electron chi connectivity index (χ4n) is 7.53. The molecule has 0 spiro atoms. The van der Waals surface area contributed by atoms with Gasteiger partial charge in [0.1, 0.15) is 17.4 Å². The largest absolute Gasteiger partial charge is 0.486 e. The van der Waals surface area contributed by atoms with Gasteiger partial charge in [-0.3, -0.25) is 4.79 Å². The number of esters is 1. The number of hydrogen-bond donors (Lipinski definition) is 1. The molecule has 1 N–H and O–H groups in total. The lowest BCUT2D eigenvalue weighted by atomic mass is 9.85. The highest BCUT2D eigenvalue weighted by atomic mass is 16.5. The van der Waals surface area contributed by atoms with E-state index in [0.717, 1.165) is 67.9 Å². The van der Waals surface area contributed by atoms with Gasteiger partial charge in [0, 0.05) is 36.7 Å². The van der Waals surface area contributed by atoms with E-state index in [4.69, 9.17) is 14.5 Å². The van der Waals surface area contributed by atoms with Gasteiger partial charge in [0.05, 0.1) is 24.2 Å². The molecule has 6 rings (SSSR count). The standard InChI is InChI=1S/C40H48N4O5/c1-5-27-24-30(15-16-31(27)28-18-21-43(22-19-28)39(46)26(4)20-23-45)49-36-17-14-29-10-8-11-32(38(29)36)34-12-9-13-37(42-34)44-35(6-2)33(25-41-44)40(47)48-7-3/h8-13,15-16,24-26,28,36,45H,5-7,14,17-23H2,1-4H3/t26?,36-/m0/s1. The third-order valence-electron chi connectivity index (χ3n) is 10.1. The van der Waals surface area contributed by atoms with Gasteiger partial charge in [-0.25, -0.2) is 14.5 Å². The van der Waals surface area contributed by atoms with Crippen LogP contribution in [-0.4, -0.2) is 63.0 Å². The molecule has 2 aromatic heterocycles. The van der Waals surface area contributed by atoms with Gasteiger partial charge in [0.25, 0.3) is 0 Å². The highest BCUT2D eigenvalue weighted by molar-refractivity contribution is 5.90. The van der Waals surface area contributed by atoms with Gasteiger partial charge in [-0.05, 0) is 98.7 Å². The normalized spacial score (nSPS) is 16.8. The zero-order valence-electron chi connectivity index (χ0n) is 29.2. The number of pyridine rings is 1. The summed E-state index contributed by atoms with van der Waals surface area (Å²) in [5.41, 5.74) is 8.21. The molecule has 0 radical (unpaired) electrons. The molecule has 2 aliphatic rings. The first-order valence-corrected chi connectivity index (χ1v) is 17.9. The molecule has 1 saturated heterocycles. The number of benzene rings is 2. The van der Waals surface area contributed by atoms with Crippen LogP contribution in [0.5, 0.6) is 5.75 Å². The van der Waals surface area contributed by atoms with Gasteiger partial charge >= 0.3 is 5.97 Å². The number of carbonyl (C=O) groups excluding carboxylic acids is 2. The van der Waals surface area contributed by atoms with Crippen LogP contribution in [0.1, 0.15) is 104 Å². The fourth-order valence-corrected chi connectivity index (χ4v) is 7.53. The fraction of sp³-hybridized carbons (Fsp3) is 0.450.